The third-order valence-electron chi connectivity index (χ3n) is 11.0. The smallest absolute Gasteiger partial charge is 0.155 e. The van der Waals surface area contributed by atoms with E-state index in [2.05, 4.69) is 33.9 Å². The second-order valence-corrected chi connectivity index (χ2v) is 12.4. The highest BCUT2D eigenvalue weighted by molar-refractivity contribution is 5.89. The number of rotatable bonds is 8. The lowest BCUT2D eigenvalue weighted by molar-refractivity contribution is -0.167. The van der Waals surface area contributed by atoms with E-state index in [0.29, 0.717) is 65.0 Å². The van der Waals surface area contributed by atoms with Crippen LogP contribution in [0.1, 0.15) is 125 Å². The van der Waals surface area contributed by atoms with Crippen LogP contribution in [0.25, 0.3) is 0 Å². The molecule has 0 spiro atoms. The zero-order valence-corrected chi connectivity index (χ0v) is 25.0. The minimum absolute atomic E-state index is 0.106. The largest absolute Gasteiger partial charge is 0.299 e. The highest BCUT2D eigenvalue weighted by Crippen LogP contribution is 2.68. The molecule has 0 N–H and O–H groups in total. The number of carbonyl (C=O) groups excluding carboxylic acids is 3. The summed E-state index contributed by atoms with van der Waals surface area (Å²) in [5, 5.41) is 0. The summed E-state index contributed by atoms with van der Waals surface area (Å²) in [4.78, 5) is 35.6. The number of ketones is 3. The van der Waals surface area contributed by atoms with Crippen molar-refractivity contribution in [2.24, 2.45) is 46.3 Å². The molecule has 8 atom stereocenters. The maximum atomic E-state index is 13.9. The van der Waals surface area contributed by atoms with Gasteiger partial charge in [0.25, 0.3) is 0 Å². The zero-order valence-electron chi connectivity index (χ0n) is 25.0. The van der Waals surface area contributed by atoms with Crippen LogP contribution in [0.5, 0.6) is 0 Å². The van der Waals surface area contributed by atoms with Crippen LogP contribution in [0.15, 0.2) is 25.3 Å². The van der Waals surface area contributed by atoms with E-state index in [9.17, 15) is 14.4 Å². The van der Waals surface area contributed by atoms with E-state index >= 15 is 0 Å². The zero-order chi connectivity index (χ0) is 27.8. The summed E-state index contributed by atoms with van der Waals surface area (Å²) in [5.74, 6) is 4.11. The van der Waals surface area contributed by atoms with Crippen molar-refractivity contribution in [3.63, 3.8) is 0 Å². The number of carbonyl (C=O) groups is 3. The van der Waals surface area contributed by atoms with Gasteiger partial charge >= 0.3 is 0 Å². The van der Waals surface area contributed by atoms with Crippen molar-refractivity contribution in [2.45, 2.75) is 125 Å². The Morgan fingerprint density at radius 2 is 1.51 bits per heavy atom. The molecule has 3 nitrogen and oxygen atoms in total. The average molecular weight is 513 g/mol. The Balaban J connectivity index is 0.000000531. The molecule has 210 valence electrons. The Morgan fingerprint density at radius 1 is 0.865 bits per heavy atom. The molecule has 4 rings (SSSR count). The first kappa shape index (κ1) is 31.7. The van der Waals surface area contributed by atoms with Crippen molar-refractivity contribution in [3.8, 4) is 0 Å². The fraction of sp³-hybridized carbons (Fsp3) is 0.794. The molecule has 3 heteroatoms. The Labute approximate surface area is 228 Å². The van der Waals surface area contributed by atoms with Crippen molar-refractivity contribution in [2.75, 3.05) is 0 Å². The molecule has 0 bridgehead atoms. The summed E-state index contributed by atoms with van der Waals surface area (Å²) in [5.41, 5.74) is 0.706. The molecule has 0 amide bonds. The fourth-order valence-corrected chi connectivity index (χ4v) is 9.07. The molecular formula is C34H56O3. The standard InChI is InChI=1S/C27H42O2.C5H8O.C2H6/c1-5-19(28)11-9-10-18-13-14-22-24-23(15-17-26(18,22)3)27(4)16-8-7-12-21(27)20(6-2)25(24)29;1-3-5(6)4-2;1-2/h5,18,20-24H,1,6-17H2,2-4H3;3H,1,4H2,2H3;1-2H3/t18?,20-,21?,22?,23?,24?,26-,27+;;/m1../s1. The molecule has 37 heavy (non-hydrogen) atoms. The van der Waals surface area contributed by atoms with Gasteiger partial charge in [-0.3, -0.25) is 14.4 Å². The first-order valence-electron chi connectivity index (χ1n) is 15.5. The van der Waals surface area contributed by atoms with Crippen LogP contribution >= 0.6 is 0 Å². The number of fused-ring (bicyclic) bond motifs is 5. The van der Waals surface area contributed by atoms with Crippen LogP contribution in [0.2, 0.25) is 0 Å². The van der Waals surface area contributed by atoms with E-state index in [4.69, 9.17) is 0 Å². The van der Waals surface area contributed by atoms with E-state index in [1.165, 1.54) is 63.5 Å². The Kier molecular flexibility index (Phi) is 12.0. The van der Waals surface area contributed by atoms with Gasteiger partial charge in [-0.25, -0.2) is 0 Å². The van der Waals surface area contributed by atoms with Crippen LogP contribution in [-0.4, -0.2) is 17.3 Å². The highest BCUT2D eigenvalue weighted by Gasteiger charge is 2.63. The molecular weight excluding hydrogens is 456 g/mol. The number of hydrogen-bond donors (Lipinski definition) is 0. The van der Waals surface area contributed by atoms with E-state index in [1.807, 2.05) is 20.8 Å². The lowest BCUT2D eigenvalue weighted by Crippen LogP contribution is -2.59. The molecule has 0 aromatic rings. The third kappa shape index (κ3) is 6.39. The Bertz CT molecular complexity index is 812. The first-order chi connectivity index (χ1) is 17.7. The SMILES string of the molecule is C=CC(=O)CC.C=CC(=O)CCCC1CCC2C3C(=O)[C@H](CC)C4CCCC[C@]4(C)C3CC[C@]12C.CC. The minimum Gasteiger partial charge on any atom is -0.299 e. The predicted octanol–water partition coefficient (Wildman–Crippen LogP) is 8.95. The summed E-state index contributed by atoms with van der Waals surface area (Å²) in [6, 6.07) is 0. The normalized spacial score (nSPS) is 37.8. The van der Waals surface area contributed by atoms with Crippen molar-refractivity contribution in [3.05, 3.63) is 25.3 Å². The fourth-order valence-electron chi connectivity index (χ4n) is 9.07. The third-order valence-corrected chi connectivity index (χ3v) is 11.0. The number of hydrogen-bond acceptors (Lipinski definition) is 3. The Morgan fingerprint density at radius 3 is 2.08 bits per heavy atom. The molecule has 0 radical (unpaired) electrons. The van der Waals surface area contributed by atoms with Crippen molar-refractivity contribution in [1.29, 1.82) is 0 Å². The maximum absolute atomic E-state index is 13.9. The van der Waals surface area contributed by atoms with E-state index in [0.717, 1.165) is 19.3 Å². The second kappa shape index (κ2) is 14.0. The molecule has 4 fully saturated rings. The van der Waals surface area contributed by atoms with Gasteiger partial charge in [-0.05, 0) is 104 Å². The van der Waals surface area contributed by atoms with Gasteiger partial charge in [-0.15, -0.1) is 0 Å². The molecule has 0 aromatic heterocycles. The average Bonchev–Trinajstić information content (AvgIpc) is 3.26. The quantitative estimate of drug-likeness (QED) is 0.305. The van der Waals surface area contributed by atoms with Crippen LogP contribution in [-0.2, 0) is 14.4 Å². The van der Waals surface area contributed by atoms with E-state index < -0.39 is 0 Å². The molecule has 0 saturated heterocycles. The van der Waals surface area contributed by atoms with Crippen LogP contribution in [0.4, 0.5) is 0 Å². The highest BCUT2D eigenvalue weighted by atomic mass is 16.1. The lowest BCUT2D eigenvalue weighted by Gasteiger charge is -2.61. The number of Topliss-reactive ketones (excluding diaryl/α,β-unsaturated/α-hetero) is 1. The summed E-state index contributed by atoms with van der Waals surface area (Å²) >= 11 is 0. The molecule has 0 aromatic carbocycles. The van der Waals surface area contributed by atoms with Crippen molar-refractivity contribution in [1.82, 2.24) is 0 Å². The van der Waals surface area contributed by atoms with Crippen LogP contribution < -0.4 is 0 Å². The van der Waals surface area contributed by atoms with Crippen LogP contribution in [0, 0.1) is 46.3 Å². The van der Waals surface area contributed by atoms with E-state index in [1.54, 1.807) is 0 Å². The molecule has 0 aliphatic heterocycles. The lowest BCUT2D eigenvalue weighted by atomic mass is 9.42. The predicted molar refractivity (Wildman–Crippen MR) is 155 cm³/mol. The van der Waals surface area contributed by atoms with Gasteiger partial charge < -0.3 is 0 Å². The molecule has 4 aliphatic carbocycles. The molecule has 5 unspecified atom stereocenters. The van der Waals surface area contributed by atoms with Gasteiger partial charge in [0.05, 0.1) is 0 Å². The minimum atomic E-state index is 0.106. The number of allylic oxidation sites excluding steroid dienone is 2. The van der Waals surface area contributed by atoms with Gasteiger partial charge in [-0.2, -0.15) is 0 Å². The Hall–Kier alpha value is -1.51. The topological polar surface area (TPSA) is 51.2 Å². The van der Waals surface area contributed by atoms with Crippen LogP contribution in [0.3, 0.4) is 0 Å². The monoisotopic (exact) mass is 512 g/mol. The van der Waals surface area contributed by atoms with Gasteiger partial charge in [0.1, 0.15) is 5.78 Å². The van der Waals surface area contributed by atoms with Crippen molar-refractivity contribution < 1.29 is 14.4 Å². The first-order valence-corrected chi connectivity index (χ1v) is 15.5. The van der Waals surface area contributed by atoms with Crippen molar-refractivity contribution >= 4 is 17.3 Å². The summed E-state index contributed by atoms with van der Waals surface area (Å²) in [6.45, 7) is 20.0. The van der Waals surface area contributed by atoms with Gasteiger partial charge in [0.2, 0.25) is 0 Å². The van der Waals surface area contributed by atoms with Gasteiger partial charge in [0.15, 0.2) is 11.6 Å². The van der Waals surface area contributed by atoms with E-state index in [-0.39, 0.29) is 11.6 Å². The molecule has 4 saturated carbocycles. The summed E-state index contributed by atoms with van der Waals surface area (Å²) in [6.07, 6.45) is 17.6. The second-order valence-electron chi connectivity index (χ2n) is 12.4. The molecule has 4 aliphatic rings. The maximum Gasteiger partial charge on any atom is 0.155 e. The summed E-state index contributed by atoms with van der Waals surface area (Å²) < 4.78 is 0. The molecule has 0 heterocycles. The summed E-state index contributed by atoms with van der Waals surface area (Å²) in [7, 11) is 0. The van der Waals surface area contributed by atoms with Gasteiger partial charge in [0, 0.05) is 24.7 Å². The van der Waals surface area contributed by atoms with Gasteiger partial charge in [-0.1, -0.05) is 67.5 Å².